The van der Waals surface area contributed by atoms with Gasteiger partial charge in [0.05, 0.1) is 17.6 Å². The molecule has 0 saturated carbocycles. The quantitative estimate of drug-likeness (QED) is 0.553. The van der Waals surface area contributed by atoms with E-state index < -0.39 is 5.97 Å². The Morgan fingerprint density at radius 2 is 2.00 bits per heavy atom. The Morgan fingerprint density at radius 1 is 1.23 bits per heavy atom. The molecule has 0 saturated heterocycles. The average molecular weight is 311 g/mol. The molecule has 3 rings (SSSR count). The third kappa shape index (κ3) is 2.67. The van der Waals surface area contributed by atoms with Crippen LogP contribution in [0, 0.1) is 11.8 Å². The summed E-state index contributed by atoms with van der Waals surface area (Å²) in [5.74, 6) is 5.56. The van der Waals surface area contributed by atoms with E-state index in [1.807, 2.05) is 30.3 Å². The van der Waals surface area contributed by atoms with Gasteiger partial charge in [-0.05, 0) is 24.3 Å². The van der Waals surface area contributed by atoms with Gasteiger partial charge in [-0.15, -0.1) is 0 Å². The largest absolute Gasteiger partial charge is 0.464 e. The van der Waals surface area contributed by atoms with Crippen molar-refractivity contribution in [2.75, 3.05) is 7.11 Å². The summed E-state index contributed by atoms with van der Waals surface area (Å²) in [6.45, 7) is 0. The van der Waals surface area contributed by atoms with Crippen LogP contribution in [-0.2, 0) is 4.74 Å². The minimum atomic E-state index is -0.504. The molecule has 22 heavy (non-hydrogen) atoms. The van der Waals surface area contributed by atoms with Crippen LogP contribution in [0.15, 0.2) is 42.5 Å². The number of hydrogen-bond donors (Lipinski definition) is 1. The highest BCUT2D eigenvalue weighted by atomic mass is 35.5. The molecular formula is C17H11ClN2O2. The molecule has 0 fully saturated rings. The fraction of sp³-hybridized carbons (Fsp3) is 0.0588. The molecule has 0 radical (unpaired) electrons. The Kier molecular flexibility index (Phi) is 3.82. The van der Waals surface area contributed by atoms with E-state index in [9.17, 15) is 4.79 Å². The lowest BCUT2D eigenvalue weighted by atomic mass is 10.1. The monoisotopic (exact) mass is 310 g/mol. The summed E-state index contributed by atoms with van der Waals surface area (Å²) in [5, 5.41) is 7.85. The molecule has 0 aliphatic carbocycles. The van der Waals surface area contributed by atoms with Crippen LogP contribution < -0.4 is 0 Å². The topological polar surface area (TPSA) is 55.0 Å². The van der Waals surface area contributed by atoms with Gasteiger partial charge in [-0.3, -0.25) is 5.10 Å². The lowest BCUT2D eigenvalue weighted by Gasteiger charge is -1.98. The molecule has 108 valence electrons. The van der Waals surface area contributed by atoms with Crippen LogP contribution in [0.25, 0.3) is 10.9 Å². The molecule has 3 aromatic rings. The van der Waals surface area contributed by atoms with Gasteiger partial charge in [-0.2, -0.15) is 5.10 Å². The van der Waals surface area contributed by atoms with Crippen LogP contribution >= 0.6 is 11.6 Å². The van der Waals surface area contributed by atoms with Crippen LogP contribution in [0.2, 0.25) is 5.02 Å². The number of rotatable bonds is 1. The van der Waals surface area contributed by atoms with Crippen LogP contribution in [0.4, 0.5) is 0 Å². The SMILES string of the molecule is COC(=O)c1n[nH]c2cc(Cl)c(C#Cc3ccccc3)cc12. The minimum absolute atomic E-state index is 0.219. The van der Waals surface area contributed by atoms with Crippen molar-refractivity contribution in [1.82, 2.24) is 10.2 Å². The number of nitrogens with one attached hydrogen (secondary N) is 1. The summed E-state index contributed by atoms with van der Waals surface area (Å²) in [5.41, 5.74) is 2.40. The summed E-state index contributed by atoms with van der Waals surface area (Å²) in [7, 11) is 1.31. The predicted octanol–water partition coefficient (Wildman–Crippen LogP) is 3.40. The van der Waals surface area contributed by atoms with Crippen LogP contribution in [-0.4, -0.2) is 23.3 Å². The average Bonchev–Trinajstić information content (AvgIpc) is 2.95. The maximum Gasteiger partial charge on any atom is 0.359 e. The van der Waals surface area contributed by atoms with Gasteiger partial charge in [0, 0.05) is 16.5 Å². The van der Waals surface area contributed by atoms with Gasteiger partial charge in [0.25, 0.3) is 0 Å². The zero-order valence-corrected chi connectivity index (χ0v) is 12.4. The lowest BCUT2D eigenvalue weighted by Crippen LogP contribution is -2.02. The number of esters is 1. The van der Waals surface area contributed by atoms with E-state index in [2.05, 4.69) is 22.0 Å². The molecule has 0 atom stereocenters. The number of carbonyl (C=O) groups excluding carboxylic acids is 1. The van der Waals surface area contributed by atoms with Crippen LogP contribution in [0.3, 0.4) is 0 Å². The number of ether oxygens (including phenoxy) is 1. The first-order chi connectivity index (χ1) is 10.7. The summed E-state index contributed by atoms with van der Waals surface area (Å²) in [6.07, 6.45) is 0. The number of hydrogen-bond acceptors (Lipinski definition) is 3. The highest BCUT2D eigenvalue weighted by molar-refractivity contribution is 6.32. The first-order valence-corrected chi connectivity index (χ1v) is 6.90. The van der Waals surface area contributed by atoms with Crippen molar-refractivity contribution in [2.45, 2.75) is 0 Å². The fourth-order valence-electron chi connectivity index (χ4n) is 2.05. The Labute approximate surface area is 132 Å². The number of aromatic amines is 1. The summed E-state index contributed by atoms with van der Waals surface area (Å²) < 4.78 is 4.71. The molecule has 2 aromatic carbocycles. The zero-order chi connectivity index (χ0) is 15.5. The Bertz CT molecular complexity index is 905. The number of benzene rings is 2. The molecular weight excluding hydrogens is 300 g/mol. The van der Waals surface area contributed by atoms with Crippen LogP contribution in [0.1, 0.15) is 21.6 Å². The number of nitrogens with zero attached hydrogens (tertiary/aromatic N) is 1. The van der Waals surface area contributed by atoms with Gasteiger partial charge < -0.3 is 4.74 Å². The fourth-order valence-corrected chi connectivity index (χ4v) is 2.26. The van der Waals surface area contributed by atoms with Gasteiger partial charge >= 0.3 is 5.97 Å². The minimum Gasteiger partial charge on any atom is -0.464 e. The van der Waals surface area contributed by atoms with Crippen LogP contribution in [0.5, 0.6) is 0 Å². The molecule has 0 amide bonds. The Balaban J connectivity index is 2.09. The number of methoxy groups -OCH3 is 1. The number of halogens is 1. The van der Waals surface area contributed by atoms with E-state index in [1.165, 1.54) is 7.11 Å². The Morgan fingerprint density at radius 3 is 2.73 bits per heavy atom. The van der Waals surface area contributed by atoms with Crippen molar-refractivity contribution in [3.63, 3.8) is 0 Å². The predicted molar refractivity (Wildman–Crippen MR) is 84.9 cm³/mol. The highest BCUT2D eigenvalue weighted by Crippen LogP contribution is 2.24. The first kappa shape index (κ1) is 14.2. The normalized spacial score (nSPS) is 10.1. The van der Waals surface area contributed by atoms with Crippen molar-refractivity contribution in [2.24, 2.45) is 0 Å². The summed E-state index contributed by atoms with van der Waals surface area (Å²) in [4.78, 5) is 11.7. The first-order valence-electron chi connectivity index (χ1n) is 6.52. The Hall–Kier alpha value is -2.77. The van der Waals surface area contributed by atoms with Gasteiger partial charge in [0.1, 0.15) is 0 Å². The second kappa shape index (κ2) is 5.92. The van der Waals surface area contributed by atoms with E-state index in [0.29, 0.717) is 21.5 Å². The molecule has 0 unspecified atom stereocenters. The molecule has 0 aliphatic rings. The standard InChI is InChI=1S/C17H11ClN2O2/c1-22-17(21)16-13-9-12(14(18)10-15(13)19-20-16)8-7-11-5-3-2-4-6-11/h2-6,9-10H,1H3,(H,19,20). The van der Waals surface area contributed by atoms with E-state index in [-0.39, 0.29) is 5.69 Å². The van der Waals surface area contributed by atoms with E-state index in [1.54, 1.807) is 12.1 Å². The smallest absolute Gasteiger partial charge is 0.359 e. The number of fused-ring (bicyclic) bond motifs is 1. The maximum absolute atomic E-state index is 11.7. The maximum atomic E-state index is 11.7. The number of aromatic nitrogens is 2. The molecule has 0 aliphatic heterocycles. The van der Waals surface area contributed by atoms with Gasteiger partial charge in [0.2, 0.25) is 0 Å². The lowest BCUT2D eigenvalue weighted by molar-refractivity contribution is 0.0596. The van der Waals surface area contributed by atoms with Crippen molar-refractivity contribution in [3.05, 3.63) is 64.3 Å². The highest BCUT2D eigenvalue weighted by Gasteiger charge is 2.15. The third-order valence-electron chi connectivity index (χ3n) is 3.14. The molecule has 1 aromatic heterocycles. The van der Waals surface area contributed by atoms with Crippen molar-refractivity contribution >= 4 is 28.5 Å². The van der Waals surface area contributed by atoms with Crippen molar-refractivity contribution in [3.8, 4) is 11.8 Å². The molecule has 5 heteroatoms. The van der Waals surface area contributed by atoms with Crippen molar-refractivity contribution < 1.29 is 9.53 Å². The number of carbonyl (C=O) groups is 1. The number of H-pyrrole nitrogens is 1. The van der Waals surface area contributed by atoms with Crippen molar-refractivity contribution in [1.29, 1.82) is 0 Å². The van der Waals surface area contributed by atoms with E-state index in [0.717, 1.165) is 5.56 Å². The second-order valence-corrected chi connectivity index (χ2v) is 4.96. The zero-order valence-electron chi connectivity index (χ0n) is 11.7. The van der Waals surface area contributed by atoms with E-state index >= 15 is 0 Å². The van der Waals surface area contributed by atoms with Gasteiger partial charge in [0.15, 0.2) is 5.69 Å². The third-order valence-corrected chi connectivity index (χ3v) is 3.46. The summed E-state index contributed by atoms with van der Waals surface area (Å²) in [6, 6.07) is 13.0. The molecule has 4 nitrogen and oxygen atoms in total. The molecule has 0 spiro atoms. The van der Waals surface area contributed by atoms with Gasteiger partial charge in [-0.25, -0.2) is 4.79 Å². The molecule has 0 bridgehead atoms. The van der Waals surface area contributed by atoms with E-state index in [4.69, 9.17) is 16.3 Å². The second-order valence-electron chi connectivity index (χ2n) is 4.56. The summed E-state index contributed by atoms with van der Waals surface area (Å²) >= 11 is 6.23. The molecule has 1 N–H and O–H groups in total. The van der Waals surface area contributed by atoms with Gasteiger partial charge in [-0.1, -0.05) is 41.6 Å². The molecule has 1 heterocycles.